The first kappa shape index (κ1) is 18.9. The van der Waals surface area contributed by atoms with Crippen LogP contribution in [0.1, 0.15) is 48.1 Å². The van der Waals surface area contributed by atoms with Gasteiger partial charge in [0.15, 0.2) is 5.78 Å². The van der Waals surface area contributed by atoms with Gasteiger partial charge in [0.1, 0.15) is 6.04 Å². The highest BCUT2D eigenvalue weighted by atomic mass is 16.4. The Kier molecular flexibility index (Phi) is 6.90. The Balaban J connectivity index is 2.40. The lowest BCUT2D eigenvalue weighted by Crippen LogP contribution is -2.43. The number of hydrogen-bond donors (Lipinski definition) is 1. The van der Waals surface area contributed by atoms with Crippen molar-refractivity contribution in [1.82, 2.24) is 4.90 Å². The van der Waals surface area contributed by atoms with E-state index in [1.165, 1.54) is 0 Å². The summed E-state index contributed by atoms with van der Waals surface area (Å²) in [6.45, 7) is 2.03. The van der Waals surface area contributed by atoms with Crippen molar-refractivity contribution in [2.75, 3.05) is 7.05 Å². The number of ketones is 1. The summed E-state index contributed by atoms with van der Waals surface area (Å²) in [7, 11) is 1.73. The number of aliphatic carboxylic acids is 1. The van der Waals surface area contributed by atoms with E-state index in [1.54, 1.807) is 24.1 Å². The molecule has 2 atom stereocenters. The molecule has 132 valence electrons. The van der Waals surface area contributed by atoms with Gasteiger partial charge < -0.3 is 5.11 Å². The Morgan fingerprint density at radius 1 is 1.00 bits per heavy atom. The molecule has 4 nitrogen and oxygen atoms in total. The molecular weight excluding hydrogens is 314 g/mol. The van der Waals surface area contributed by atoms with E-state index in [1.807, 2.05) is 55.5 Å². The third kappa shape index (κ3) is 4.77. The van der Waals surface area contributed by atoms with Gasteiger partial charge in [-0.05, 0) is 19.0 Å². The van der Waals surface area contributed by atoms with Crippen molar-refractivity contribution in [3.63, 3.8) is 0 Å². The fourth-order valence-electron chi connectivity index (χ4n) is 3.05. The highest BCUT2D eigenvalue weighted by Gasteiger charge is 2.33. The van der Waals surface area contributed by atoms with E-state index in [-0.39, 0.29) is 5.78 Å². The SMILES string of the molecule is CCCC[C@@H](C(=O)O)N(C)C(C(=O)c1ccccc1)c1ccccc1. The Bertz CT molecular complexity index is 685. The highest BCUT2D eigenvalue weighted by molar-refractivity contribution is 6.01. The monoisotopic (exact) mass is 339 g/mol. The number of benzene rings is 2. The van der Waals surface area contributed by atoms with Gasteiger partial charge in [-0.3, -0.25) is 14.5 Å². The van der Waals surface area contributed by atoms with Gasteiger partial charge in [0, 0.05) is 5.56 Å². The lowest BCUT2D eigenvalue weighted by molar-refractivity contribution is -0.143. The summed E-state index contributed by atoms with van der Waals surface area (Å²) < 4.78 is 0. The van der Waals surface area contributed by atoms with Gasteiger partial charge in [0.2, 0.25) is 0 Å². The molecule has 0 heterocycles. The predicted octanol–water partition coefficient (Wildman–Crippen LogP) is 4.19. The summed E-state index contributed by atoms with van der Waals surface area (Å²) in [4.78, 5) is 26.6. The molecule has 4 heteroatoms. The second kappa shape index (κ2) is 9.14. The summed E-state index contributed by atoms with van der Waals surface area (Å²) in [6, 6.07) is 17.1. The first-order valence-electron chi connectivity index (χ1n) is 8.65. The maximum absolute atomic E-state index is 13.2. The number of Topliss-reactive ketones (excluding diaryl/α,β-unsaturated/α-hetero) is 1. The summed E-state index contributed by atoms with van der Waals surface area (Å²) in [5, 5.41) is 9.67. The average molecular weight is 339 g/mol. The number of carbonyl (C=O) groups is 2. The first-order chi connectivity index (χ1) is 12.1. The molecule has 0 aliphatic heterocycles. The Hall–Kier alpha value is -2.46. The van der Waals surface area contributed by atoms with Gasteiger partial charge in [0.05, 0.1) is 6.04 Å². The normalized spacial score (nSPS) is 13.4. The third-order valence-corrected chi connectivity index (χ3v) is 4.44. The molecule has 0 radical (unpaired) electrons. The van der Waals surface area contributed by atoms with E-state index in [0.29, 0.717) is 12.0 Å². The van der Waals surface area contributed by atoms with Crippen molar-refractivity contribution in [2.45, 2.75) is 38.3 Å². The quantitative estimate of drug-likeness (QED) is 0.696. The van der Waals surface area contributed by atoms with Crippen LogP contribution in [0.5, 0.6) is 0 Å². The van der Waals surface area contributed by atoms with Gasteiger partial charge >= 0.3 is 5.97 Å². The van der Waals surface area contributed by atoms with E-state index >= 15 is 0 Å². The molecule has 0 fully saturated rings. The number of unbranched alkanes of at least 4 members (excludes halogenated alkanes) is 1. The number of carbonyl (C=O) groups excluding carboxylic acids is 1. The number of hydrogen-bond acceptors (Lipinski definition) is 3. The number of nitrogens with zero attached hydrogens (tertiary/aromatic N) is 1. The van der Waals surface area contributed by atoms with Crippen LogP contribution in [0.2, 0.25) is 0 Å². The van der Waals surface area contributed by atoms with Crippen LogP contribution in [0, 0.1) is 0 Å². The molecule has 2 aromatic rings. The minimum atomic E-state index is -0.891. The van der Waals surface area contributed by atoms with Crippen molar-refractivity contribution in [3.8, 4) is 0 Å². The molecule has 0 aliphatic carbocycles. The standard InChI is InChI=1S/C21H25NO3/c1-3-4-15-18(21(24)25)22(2)19(16-11-7-5-8-12-16)20(23)17-13-9-6-10-14-17/h5-14,18-19H,3-4,15H2,1-2H3,(H,24,25)/t18-,19?/m0/s1. The van der Waals surface area contributed by atoms with E-state index in [2.05, 4.69) is 0 Å². The minimum Gasteiger partial charge on any atom is -0.480 e. The van der Waals surface area contributed by atoms with Crippen LogP contribution in [-0.2, 0) is 4.79 Å². The van der Waals surface area contributed by atoms with Crippen LogP contribution in [-0.4, -0.2) is 34.8 Å². The highest BCUT2D eigenvalue weighted by Crippen LogP contribution is 2.27. The number of likely N-dealkylation sites (N-methyl/N-ethyl adjacent to an activating group) is 1. The Morgan fingerprint density at radius 3 is 2.08 bits per heavy atom. The van der Waals surface area contributed by atoms with Gasteiger partial charge in [-0.25, -0.2) is 0 Å². The number of carboxylic acid groups (broad SMARTS) is 1. The summed E-state index contributed by atoms with van der Waals surface area (Å²) in [6.07, 6.45) is 2.25. The molecule has 0 saturated heterocycles. The zero-order chi connectivity index (χ0) is 18.2. The maximum atomic E-state index is 13.2. The van der Waals surface area contributed by atoms with Crippen molar-refractivity contribution < 1.29 is 14.7 Å². The summed E-state index contributed by atoms with van der Waals surface area (Å²) >= 11 is 0. The average Bonchev–Trinajstić information content (AvgIpc) is 2.63. The Labute approximate surface area is 149 Å². The van der Waals surface area contributed by atoms with Crippen LogP contribution >= 0.6 is 0 Å². The Morgan fingerprint density at radius 2 is 1.56 bits per heavy atom. The van der Waals surface area contributed by atoms with Gasteiger partial charge in [-0.1, -0.05) is 80.4 Å². The van der Waals surface area contributed by atoms with E-state index < -0.39 is 18.1 Å². The van der Waals surface area contributed by atoms with Crippen LogP contribution < -0.4 is 0 Å². The van der Waals surface area contributed by atoms with Crippen molar-refractivity contribution >= 4 is 11.8 Å². The fraction of sp³-hybridized carbons (Fsp3) is 0.333. The molecule has 0 spiro atoms. The summed E-state index contributed by atoms with van der Waals surface area (Å²) in [5.74, 6) is -0.977. The third-order valence-electron chi connectivity index (χ3n) is 4.44. The minimum absolute atomic E-state index is 0.0861. The molecule has 0 aliphatic rings. The second-order valence-electron chi connectivity index (χ2n) is 6.21. The molecule has 0 amide bonds. The van der Waals surface area contributed by atoms with E-state index in [4.69, 9.17) is 0 Å². The van der Waals surface area contributed by atoms with Crippen LogP contribution in [0.25, 0.3) is 0 Å². The predicted molar refractivity (Wildman–Crippen MR) is 98.7 cm³/mol. The zero-order valence-corrected chi connectivity index (χ0v) is 14.8. The van der Waals surface area contributed by atoms with Crippen molar-refractivity contribution in [1.29, 1.82) is 0 Å². The smallest absolute Gasteiger partial charge is 0.320 e. The van der Waals surface area contributed by atoms with Crippen LogP contribution in [0.15, 0.2) is 60.7 Å². The van der Waals surface area contributed by atoms with Gasteiger partial charge in [-0.2, -0.15) is 0 Å². The number of rotatable bonds is 9. The van der Waals surface area contributed by atoms with Crippen LogP contribution in [0.3, 0.4) is 0 Å². The molecule has 0 bridgehead atoms. The van der Waals surface area contributed by atoms with Crippen molar-refractivity contribution in [2.24, 2.45) is 0 Å². The molecule has 0 saturated carbocycles. The number of carboxylic acids is 1. The summed E-state index contributed by atoms with van der Waals surface area (Å²) in [5.41, 5.74) is 1.39. The lowest BCUT2D eigenvalue weighted by atomic mass is 9.94. The molecule has 25 heavy (non-hydrogen) atoms. The largest absolute Gasteiger partial charge is 0.480 e. The molecule has 1 N–H and O–H groups in total. The molecular formula is C21H25NO3. The maximum Gasteiger partial charge on any atom is 0.320 e. The van der Waals surface area contributed by atoms with E-state index in [9.17, 15) is 14.7 Å². The molecule has 2 rings (SSSR count). The zero-order valence-electron chi connectivity index (χ0n) is 14.8. The fourth-order valence-corrected chi connectivity index (χ4v) is 3.05. The molecule has 1 unspecified atom stereocenters. The topological polar surface area (TPSA) is 57.6 Å². The van der Waals surface area contributed by atoms with Gasteiger partial charge in [-0.15, -0.1) is 0 Å². The van der Waals surface area contributed by atoms with Crippen molar-refractivity contribution in [3.05, 3.63) is 71.8 Å². The second-order valence-corrected chi connectivity index (χ2v) is 6.21. The lowest BCUT2D eigenvalue weighted by Gasteiger charge is -2.32. The van der Waals surface area contributed by atoms with Gasteiger partial charge in [0.25, 0.3) is 0 Å². The molecule has 2 aromatic carbocycles. The van der Waals surface area contributed by atoms with Crippen LogP contribution in [0.4, 0.5) is 0 Å². The van der Waals surface area contributed by atoms with E-state index in [0.717, 1.165) is 18.4 Å². The molecule has 0 aromatic heterocycles. The first-order valence-corrected chi connectivity index (χ1v) is 8.65.